The molecule has 4 heterocycles. The van der Waals surface area contributed by atoms with E-state index in [-0.39, 0.29) is 30.7 Å². The third-order valence-electron chi connectivity index (χ3n) is 5.40. The van der Waals surface area contributed by atoms with E-state index in [4.69, 9.17) is 4.42 Å². The standard InChI is InChI=1S/C19H23N3O2.2ClH/c1-13-16(4-5-17(21-13)18-3-2-10-24-18)19(23)22-8-6-14-11-20-12-15(14)7-9-22;;/h2-5,10,14-15,20H,6-9,11-12H2,1H3;2*1H/t14-,15+;;. The van der Waals surface area contributed by atoms with Gasteiger partial charge in [-0.15, -0.1) is 24.8 Å². The minimum absolute atomic E-state index is 0. The van der Waals surface area contributed by atoms with Crippen molar-refractivity contribution in [3.63, 3.8) is 0 Å². The van der Waals surface area contributed by atoms with Gasteiger partial charge >= 0.3 is 0 Å². The Morgan fingerprint density at radius 2 is 1.85 bits per heavy atom. The summed E-state index contributed by atoms with van der Waals surface area (Å²) >= 11 is 0. The summed E-state index contributed by atoms with van der Waals surface area (Å²) in [5.41, 5.74) is 2.24. The van der Waals surface area contributed by atoms with E-state index in [0.717, 1.165) is 68.0 Å². The quantitative estimate of drug-likeness (QED) is 0.841. The zero-order chi connectivity index (χ0) is 16.5. The molecular formula is C19H25Cl2N3O2. The Hall–Kier alpha value is -1.56. The Morgan fingerprint density at radius 1 is 1.15 bits per heavy atom. The molecule has 2 atom stereocenters. The molecule has 0 aromatic carbocycles. The van der Waals surface area contributed by atoms with E-state index < -0.39 is 0 Å². The van der Waals surface area contributed by atoms with Crippen molar-refractivity contribution in [2.45, 2.75) is 19.8 Å². The summed E-state index contributed by atoms with van der Waals surface area (Å²) in [6.45, 7) is 5.80. The van der Waals surface area contributed by atoms with Gasteiger partial charge in [0, 0.05) is 13.1 Å². The molecule has 0 unspecified atom stereocenters. The van der Waals surface area contributed by atoms with Gasteiger partial charge in [0.05, 0.1) is 17.5 Å². The maximum atomic E-state index is 12.9. The third-order valence-corrected chi connectivity index (χ3v) is 5.40. The van der Waals surface area contributed by atoms with Crippen LogP contribution in [0, 0.1) is 18.8 Å². The molecule has 2 aliphatic rings. The predicted molar refractivity (Wildman–Crippen MR) is 106 cm³/mol. The van der Waals surface area contributed by atoms with Gasteiger partial charge in [-0.05, 0) is 69.0 Å². The van der Waals surface area contributed by atoms with Crippen molar-refractivity contribution in [3.8, 4) is 11.5 Å². The number of likely N-dealkylation sites (tertiary alicyclic amines) is 1. The largest absolute Gasteiger partial charge is 0.463 e. The van der Waals surface area contributed by atoms with Crippen molar-refractivity contribution in [1.29, 1.82) is 0 Å². The molecule has 0 spiro atoms. The monoisotopic (exact) mass is 397 g/mol. The predicted octanol–water partition coefficient (Wildman–Crippen LogP) is 3.57. The molecular weight excluding hydrogens is 373 g/mol. The lowest BCUT2D eigenvalue weighted by molar-refractivity contribution is 0.0757. The molecule has 7 heteroatoms. The Balaban J connectivity index is 0.00000121. The fourth-order valence-corrected chi connectivity index (χ4v) is 3.94. The maximum absolute atomic E-state index is 12.9. The average Bonchev–Trinajstić information content (AvgIpc) is 3.23. The Kier molecular flexibility index (Phi) is 7.09. The lowest BCUT2D eigenvalue weighted by Gasteiger charge is -2.21. The molecule has 0 bridgehead atoms. The number of aromatic nitrogens is 1. The summed E-state index contributed by atoms with van der Waals surface area (Å²) in [7, 11) is 0. The van der Waals surface area contributed by atoms with E-state index in [1.807, 2.05) is 36.1 Å². The van der Waals surface area contributed by atoms with E-state index in [1.54, 1.807) is 6.26 Å². The van der Waals surface area contributed by atoms with Gasteiger partial charge in [0.15, 0.2) is 5.76 Å². The molecule has 2 fully saturated rings. The lowest BCUT2D eigenvalue weighted by Crippen LogP contribution is -2.33. The van der Waals surface area contributed by atoms with Crippen LogP contribution < -0.4 is 5.32 Å². The molecule has 0 radical (unpaired) electrons. The van der Waals surface area contributed by atoms with E-state index in [2.05, 4.69) is 10.3 Å². The Labute approximate surface area is 166 Å². The Morgan fingerprint density at radius 3 is 2.42 bits per heavy atom. The van der Waals surface area contributed by atoms with Gasteiger partial charge in [0.2, 0.25) is 0 Å². The summed E-state index contributed by atoms with van der Waals surface area (Å²) in [5.74, 6) is 2.29. The molecule has 0 aliphatic carbocycles. The minimum Gasteiger partial charge on any atom is -0.463 e. The van der Waals surface area contributed by atoms with Crippen molar-refractivity contribution in [3.05, 3.63) is 41.8 Å². The number of pyridine rings is 1. The molecule has 5 nitrogen and oxygen atoms in total. The van der Waals surface area contributed by atoms with Crippen LogP contribution in [0.1, 0.15) is 28.9 Å². The van der Waals surface area contributed by atoms with Crippen molar-refractivity contribution in [2.24, 2.45) is 11.8 Å². The van der Waals surface area contributed by atoms with Crippen LogP contribution in [0.4, 0.5) is 0 Å². The van der Waals surface area contributed by atoms with Gasteiger partial charge in [-0.25, -0.2) is 4.98 Å². The highest BCUT2D eigenvalue weighted by molar-refractivity contribution is 5.95. The van der Waals surface area contributed by atoms with Crippen LogP contribution in [0.5, 0.6) is 0 Å². The summed E-state index contributed by atoms with van der Waals surface area (Å²) in [6.07, 6.45) is 3.83. The molecule has 0 saturated carbocycles. The molecule has 1 amide bonds. The molecule has 2 aliphatic heterocycles. The third kappa shape index (κ3) is 4.05. The molecule has 4 rings (SSSR count). The number of halogens is 2. The summed E-state index contributed by atoms with van der Waals surface area (Å²) in [6, 6.07) is 7.48. The molecule has 142 valence electrons. The fraction of sp³-hybridized carbons (Fsp3) is 0.474. The number of carbonyl (C=O) groups excluding carboxylic acids is 1. The summed E-state index contributed by atoms with van der Waals surface area (Å²) in [4.78, 5) is 19.5. The molecule has 2 saturated heterocycles. The maximum Gasteiger partial charge on any atom is 0.255 e. The number of amides is 1. The topological polar surface area (TPSA) is 58.4 Å². The summed E-state index contributed by atoms with van der Waals surface area (Å²) in [5, 5.41) is 3.47. The number of hydrogen-bond acceptors (Lipinski definition) is 4. The van der Waals surface area contributed by atoms with Gasteiger partial charge < -0.3 is 14.6 Å². The minimum atomic E-state index is 0. The lowest BCUT2D eigenvalue weighted by atomic mass is 9.92. The SMILES string of the molecule is Cc1nc(-c2ccco2)ccc1C(=O)N1CC[C@@H]2CNC[C@@H]2CC1.Cl.Cl. The van der Waals surface area contributed by atoms with Crippen LogP contribution in [-0.2, 0) is 0 Å². The Bertz CT molecular complexity index is 722. The number of furan rings is 1. The first-order chi connectivity index (χ1) is 11.7. The second-order valence-electron chi connectivity index (χ2n) is 6.85. The highest BCUT2D eigenvalue weighted by Gasteiger charge is 2.32. The van der Waals surface area contributed by atoms with Gasteiger partial charge in [-0.1, -0.05) is 0 Å². The highest BCUT2D eigenvalue weighted by Crippen LogP contribution is 2.28. The van der Waals surface area contributed by atoms with E-state index in [9.17, 15) is 4.79 Å². The van der Waals surface area contributed by atoms with Crippen molar-refractivity contribution in [2.75, 3.05) is 26.2 Å². The van der Waals surface area contributed by atoms with Crippen LogP contribution in [-0.4, -0.2) is 42.0 Å². The average molecular weight is 398 g/mol. The zero-order valence-electron chi connectivity index (χ0n) is 14.8. The number of aryl methyl sites for hydroxylation is 1. The molecule has 26 heavy (non-hydrogen) atoms. The van der Waals surface area contributed by atoms with Gasteiger partial charge in [0.1, 0.15) is 5.69 Å². The number of nitrogens with one attached hydrogen (secondary N) is 1. The van der Waals surface area contributed by atoms with Gasteiger partial charge in [-0.2, -0.15) is 0 Å². The van der Waals surface area contributed by atoms with Gasteiger partial charge in [-0.3, -0.25) is 4.79 Å². The van der Waals surface area contributed by atoms with Crippen LogP contribution in [0.15, 0.2) is 34.9 Å². The van der Waals surface area contributed by atoms with E-state index in [0.29, 0.717) is 5.56 Å². The van der Waals surface area contributed by atoms with Crippen LogP contribution in [0.25, 0.3) is 11.5 Å². The molecule has 2 aromatic rings. The first-order valence-electron chi connectivity index (χ1n) is 8.74. The number of nitrogens with zero attached hydrogens (tertiary/aromatic N) is 2. The number of rotatable bonds is 2. The van der Waals surface area contributed by atoms with E-state index >= 15 is 0 Å². The second kappa shape index (κ2) is 8.89. The zero-order valence-corrected chi connectivity index (χ0v) is 16.4. The summed E-state index contributed by atoms with van der Waals surface area (Å²) < 4.78 is 5.39. The van der Waals surface area contributed by atoms with Crippen LogP contribution in [0.3, 0.4) is 0 Å². The van der Waals surface area contributed by atoms with Crippen LogP contribution in [0.2, 0.25) is 0 Å². The normalized spacial score (nSPS) is 22.0. The van der Waals surface area contributed by atoms with Gasteiger partial charge in [0.25, 0.3) is 5.91 Å². The smallest absolute Gasteiger partial charge is 0.255 e. The van der Waals surface area contributed by atoms with Crippen LogP contribution >= 0.6 is 24.8 Å². The first kappa shape index (κ1) is 20.7. The van der Waals surface area contributed by atoms with Crippen molar-refractivity contribution >= 4 is 30.7 Å². The second-order valence-corrected chi connectivity index (χ2v) is 6.85. The van der Waals surface area contributed by atoms with Crippen molar-refractivity contribution < 1.29 is 9.21 Å². The molecule has 2 aromatic heterocycles. The van der Waals surface area contributed by atoms with Crippen molar-refractivity contribution in [1.82, 2.24) is 15.2 Å². The first-order valence-corrected chi connectivity index (χ1v) is 8.74. The van der Waals surface area contributed by atoms with E-state index in [1.165, 1.54) is 0 Å². The fourth-order valence-electron chi connectivity index (χ4n) is 3.94. The number of hydrogen-bond donors (Lipinski definition) is 1. The molecule has 1 N–H and O–H groups in total. The number of fused-ring (bicyclic) bond motifs is 1. The number of carbonyl (C=O) groups is 1. The highest BCUT2D eigenvalue weighted by atomic mass is 35.5.